The van der Waals surface area contributed by atoms with Crippen LogP contribution in [0.2, 0.25) is 0 Å². The highest BCUT2D eigenvalue weighted by Gasteiger charge is 2.48. The zero-order valence-corrected chi connectivity index (χ0v) is 45.9. The van der Waals surface area contributed by atoms with Gasteiger partial charge in [0.05, 0.1) is 33.9 Å². The fraction of sp³-hybridized carbons (Fsp3) is 0.242. The van der Waals surface area contributed by atoms with Crippen LogP contribution in [0.15, 0.2) is 143 Å². The molecule has 0 spiro atoms. The molecule has 0 N–H and O–H groups in total. The van der Waals surface area contributed by atoms with Gasteiger partial charge in [0.25, 0.3) is 6.71 Å². The molecule has 4 aromatic heterocycles. The van der Waals surface area contributed by atoms with E-state index in [0.29, 0.717) is 0 Å². The van der Waals surface area contributed by atoms with Gasteiger partial charge in [-0.05, 0) is 182 Å². The van der Waals surface area contributed by atoms with Crippen LogP contribution in [0.4, 0.5) is 32.8 Å². The Balaban J connectivity index is 1.15. The Hall–Kier alpha value is -6.80. The monoisotopic (exact) mass is 988 g/mol. The van der Waals surface area contributed by atoms with Gasteiger partial charge in [-0.15, -0.1) is 22.7 Å². The zero-order chi connectivity index (χ0) is 50.8. The van der Waals surface area contributed by atoms with Crippen molar-refractivity contribution < 1.29 is 8.83 Å². The van der Waals surface area contributed by atoms with Crippen LogP contribution in [0.3, 0.4) is 0 Å². The van der Waals surface area contributed by atoms with Gasteiger partial charge in [0.2, 0.25) is 0 Å². The third-order valence-electron chi connectivity index (χ3n) is 15.9. The van der Waals surface area contributed by atoms with Crippen molar-refractivity contribution in [3.05, 3.63) is 173 Å². The van der Waals surface area contributed by atoms with Gasteiger partial charge in [-0.1, -0.05) is 123 Å². The van der Waals surface area contributed by atoms with Crippen LogP contribution in [-0.4, -0.2) is 6.71 Å². The van der Waals surface area contributed by atoms with E-state index in [1.165, 1.54) is 119 Å². The molecule has 0 saturated carbocycles. The second-order valence-corrected chi connectivity index (χ2v) is 26.1. The number of anilines is 6. The third kappa shape index (κ3) is 6.98. The summed E-state index contributed by atoms with van der Waals surface area (Å²) in [5.41, 5.74) is 24.3. The Bertz CT molecular complexity index is 3820. The van der Waals surface area contributed by atoms with Gasteiger partial charge >= 0.3 is 0 Å². The molecule has 0 bridgehead atoms. The number of benzene rings is 7. The normalized spacial score (nSPS) is 13.7. The first-order valence-electron chi connectivity index (χ1n) is 25.8. The van der Waals surface area contributed by atoms with E-state index >= 15 is 0 Å². The maximum absolute atomic E-state index is 6.15. The van der Waals surface area contributed by atoms with Crippen LogP contribution in [0.5, 0.6) is 0 Å². The topological polar surface area (TPSA) is 32.8 Å². The standard InChI is InChI=1S/C66H61BN2O2S2/c1-36-26-40(49-34-70-53-20-16-14-18-45(49)53)27-37(2)60(36)68-51-32-44(66(11,12)13)33-52-59(51)67(57-47-30-42(64(5,6)7)22-24-55(47)72-62(57)68)58-48-31-43(65(8,9)10)23-25-56(48)73-63(58)69(52)61-38(3)28-41(29-39(61)4)50-35-71-54-21-17-15-19-46(50)54/h14-35H,1-13H3. The maximum atomic E-state index is 6.15. The summed E-state index contributed by atoms with van der Waals surface area (Å²) in [5.74, 6) is 0. The molecule has 2 aliphatic heterocycles. The van der Waals surface area contributed by atoms with Crippen molar-refractivity contribution >= 4 is 121 Å². The van der Waals surface area contributed by atoms with E-state index in [-0.39, 0.29) is 23.0 Å². The molecule has 0 unspecified atom stereocenters. The molecule has 362 valence electrons. The highest BCUT2D eigenvalue weighted by atomic mass is 32.1. The van der Waals surface area contributed by atoms with Gasteiger partial charge < -0.3 is 18.6 Å². The van der Waals surface area contributed by atoms with Crippen LogP contribution >= 0.6 is 22.7 Å². The lowest BCUT2D eigenvalue weighted by Crippen LogP contribution is -2.61. The van der Waals surface area contributed by atoms with Gasteiger partial charge in [-0.3, -0.25) is 0 Å². The van der Waals surface area contributed by atoms with Crippen molar-refractivity contribution in [2.24, 2.45) is 0 Å². The Kier molecular flexibility index (Phi) is 10.00. The molecule has 0 atom stereocenters. The summed E-state index contributed by atoms with van der Waals surface area (Å²) >= 11 is 3.91. The summed E-state index contributed by atoms with van der Waals surface area (Å²) in [4.78, 5) is 5.38. The molecule has 6 heterocycles. The molecule has 0 amide bonds. The van der Waals surface area contributed by atoms with Crippen molar-refractivity contribution in [1.82, 2.24) is 0 Å². The molecular formula is C66H61BN2O2S2. The highest BCUT2D eigenvalue weighted by Crippen LogP contribution is 2.54. The van der Waals surface area contributed by atoms with E-state index in [9.17, 15) is 0 Å². The van der Waals surface area contributed by atoms with Gasteiger partial charge in [-0.25, -0.2) is 0 Å². The number of nitrogens with zero attached hydrogens (tertiary/aromatic N) is 2. The summed E-state index contributed by atoms with van der Waals surface area (Å²) in [6.07, 6.45) is 3.86. The maximum Gasteiger partial charge on any atom is 0.256 e. The predicted octanol–water partition coefficient (Wildman–Crippen LogP) is 18.2. The summed E-state index contributed by atoms with van der Waals surface area (Å²) in [7, 11) is 0. The summed E-state index contributed by atoms with van der Waals surface area (Å²) in [5, 5.41) is 7.58. The molecule has 4 nitrogen and oxygen atoms in total. The van der Waals surface area contributed by atoms with Gasteiger partial charge in [-0.2, -0.15) is 0 Å². The smallest absolute Gasteiger partial charge is 0.256 e. The molecule has 0 saturated heterocycles. The van der Waals surface area contributed by atoms with Crippen molar-refractivity contribution in [3.8, 4) is 22.3 Å². The first-order valence-corrected chi connectivity index (χ1v) is 27.5. The average Bonchev–Trinajstić information content (AvgIpc) is 4.14. The number of furan rings is 2. The first kappa shape index (κ1) is 46.0. The lowest BCUT2D eigenvalue weighted by molar-refractivity contribution is 0.590. The van der Waals surface area contributed by atoms with E-state index in [1.807, 2.05) is 47.3 Å². The van der Waals surface area contributed by atoms with E-state index in [1.54, 1.807) is 0 Å². The Morgan fingerprint density at radius 3 is 1.18 bits per heavy atom. The quantitative estimate of drug-likeness (QED) is 0.165. The number of aryl methyl sites for hydroxylation is 4. The third-order valence-corrected chi connectivity index (χ3v) is 18.3. The first-order chi connectivity index (χ1) is 34.7. The fourth-order valence-corrected chi connectivity index (χ4v) is 14.7. The van der Waals surface area contributed by atoms with Gasteiger partial charge in [0.1, 0.15) is 11.2 Å². The van der Waals surface area contributed by atoms with Crippen LogP contribution in [0.25, 0.3) is 64.4 Å². The highest BCUT2D eigenvalue weighted by molar-refractivity contribution is 7.29. The molecule has 7 aromatic carbocycles. The molecule has 73 heavy (non-hydrogen) atoms. The second-order valence-electron chi connectivity index (χ2n) is 24.1. The average molecular weight is 989 g/mol. The minimum Gasteiger partial charge on any atom is -0.464 e. The Morgan fingerprint density at radius 1 is 0.411 bits per heavy atom. The fourth-order valence-electron chi connectivity index (χ4n) is 12.2. The molecule has 2 aliphatic rings. The Morgan fingerprint density at radius 2 is 0.795 bits per heavy atom. The largest absolute Gasteiger partial charge is 0.464 e. The lowest BCUT2D eigenvalue weighted by Gasteiger charge is -2.44. The van der Waals surface area contributed by atoms with E-state index in [2.05, 4.69) is 209 Å². The second kappa shape index (κ2) is 15.9. The van der Waals surface area contributed by atoms with Crippen LogP contribution < -0.4 is 26.2 Å². The van der Waals surface area contributed by atoms with Crippen LogP contribution in [0.1, 0.15) is 101 Å². The lowest BCUT2D eigenvalue weighted by atomic mass is 9.33. The number of rotatable bonds is 4. The van der Waals surface area contributed by atoms with Crippen molar-refractivity contribution in [2.45, 2.75) is 106 Å². The molecule has 11 aromatic rings. The summed E-state index contributed by atoms with van der Waals surface area (Å²) < 4.78 is 14.9. The number of hydrogen-bond donors (Lipinski definition) is 0. The van der Waals surface area contributed by atoms with Gasteiger partial charge in [0.15, 0.2) is 0 Å². The van der Waals surface area contributed by atoms with E-state index < -0.39 is 0 Å². The molecule has 0 fully saturated rings. The van der Waals surface area contributed by atoms with Crippen molar-refractivity contribution in [2.75, 3.05) is 9.80 Å². The minimum absolute atomic E-state index is 0.0289. The zero-order valence-electron chi connectivity index (χ0n) is 44.3. The molecular weight excluding hydrogens is 928 g/mol. The Labute approximate surface area is 438 Å². The van der Waals surface area contributed by atoms with Crippen LogP contribution in [-0.2, 0) is 16.2 Å². The minimum atomic E-state index is -0.158. The molecule has 13 rings (SSSR count). The SMILES string of the molecule is Cc1cc(-c2coc3ccccc23)cc(C)c1N1c2cc(C(C)(C)C)cc3c2B(c2c1sc1ccc(C(C)(C)C)cc21)c1c(sc2ccc(C(C)(C)C)cc12)N3c1c(C)cc(-c2coc3ccccc23)cc1C. The summed E-state index contributed by atoms with van der Waals surface area (Å²) in [6, 6.07) is 46.1. The van der Waals surface area contributed by atoms with Crippen LogP contribution in [0, 0.1) is 27.7 Å². The van der Waals surface area contributed by atoms with Crippen molar-refractivity contribution in [3.63, 3.8) is 0 Å². The predicted molar refractivity (Wildman–Crippen MR) is 317 cm³/mol. The van der Waals surface area contributed by atoms with Crippen molar-refractivity contribution in [1.29, 1.82) is 0 Å². The number of para-hydroxylation sites is 2. The number of thiophene rings is 2. The van der Waals surface area contributed by atoms with E-state index in [0.717, 1.165) is 33.1 Å². The molecule has 7 heteroatoms. The number of hydrogen-bond acceptors (Lipinski definition) is 6. The van der Waals surface area contributed by atoms with Gasteiger partial charge in [0, 0.05) is 42.7 Å². The molecule has 0 aliphatic carbocycles. The van der Waals surface area contributed by atoms with E-state index in [4.69, 9.17) is 8.83 Å². The molecule has 0 radical (unpaired) electrons. The number of fused-ring (bicyclic) bond motifs is 10. The summed E-state index contributed by atoms with van der Waals surface area (Å²) in [6.45, 7) is 30.4.